The first kappa shape index (κ1) is 17.0. The number of anilines is 3. The molecule has 9 heteroatoms. The van der Waals surface area contributed by atoms with Gasteiger partial charge in [0.2, 0.25) is 5.95 Å². The molecule has 5 rings (SSSR count). The van der Waals surface area contributed by atoms with Crippen LogP contribution in [0.15, 0.2) is 30.5 Å². The first-order valence-electron chi connectivity index (χ1n) is 9.18. The van der Waals surface area contributed by atoms with Crippen molar-refractivity contribution in [3.63, 3.8) is 0 Å². The lowest BCUT2D eigenvalue weighted by atomic mass is 10.2. The van der Waals surface area contributed by atoms with Crippen LogP contribution in [0, 0.1) is 6.92 Å². The molecule has 0 bridgehead atoms. The number of imidazole rings is 1. The van der Waals surface area contributed by atoms with Crippen LogP contribution in [0.5, 0.6) is 0 Å². The molecular formula is C19H19ClN8. The van der Waals surface area contributed by atoms with Gasteiger partial charge < -0.3 is 15.6 Å². The van der Waals surface area contributed by atoms with Crippen LogP contribution in [0.4, 0.5) is 17.6 Å². The van der Waals surface area contributed by atoms with Gasteiger partial charge in [-0.05, 0) is 38.0 Å². The van der Waals surface area contributed by atoms with E-state index in [0.29, 0.717) is 29.3 Å². The van der Waals surface area contributed by atoms with E-state index < -0.39 is 0 Å². The third-order valence-corrected chi connectivity index (χ3v) is 4.93. The molecule has 1 fully saturated rings. The molecule has 0 saturated heterocycles. The van der Waals surface area contributed by atoms with E-state index in [4.69, 9.17) is 11.6 Å². The Labute approximate surface area is 166 Å². The fourth-order valence-corrected chi connectivity index (χ4v) is 3.47. The molecule has 4 N–H and O–H groups in total. The van der Waals surface area contributed by atoms with E-state index in [1.54, 1.807) is 6.20 Å². The second kappa shape index (κ2) is 6.79. The summed E-state index contributed by atoms with van der Waals surface area (Å²) in [5.74, 6) is 3.44. The first-order valence-corrected chi connectivity index (χ1v) is 9.56. The van der Waals surface area contributed by atoms with Crippen LogP contribution in [0.25, 0.3) is 11.0 Å². The molecule has 0 atom stereocenters. The first-order chi connectivity index (χ1) is 13.6. The SMILES string of the molecule is Cc1nc2c(CNc3nccc(Nc4cc(C5CC5)[nH]n4)n3)cc(Cl)cc2[nH]1. The number of aromatic amines is 2. The van der Waals surface area contributed by atoms with Gasteiger partial charge in [0.15, 0.2) is 5.82 Å². The maximum atomic E-state index is 6.23. The lowest BCUT2D eigenvalue weighted by Crippen LogP contribution is -2.05. The molecule has 28 heavy (non-hydrogen) atoms. The smallest absolute Gasteiger partial charge is 0.224 e. The summed E-state index contributed by atoms with van der Waals surface area (Å²) in [6, 6.07) is 7.63. The Balaban J connectivity index is 1.31. The Bertz CT molecular complexity index is 1140. The molecule has 0 spiro atoms. The van der Waals surface area contributed by atoms with Crippen LogP contribution in [0.1, 0.15) is 35.8 Å². The maximum absolute atomic E-state index is 6.23. The van der Waals surface area contributed by atoms with E-state index in [0.717, 1.165) is 28.2 Å². The predicted molar refractivity (Wildman–Crippen MR) is 109 cm³/mol. The normalized spacial score (nSPS) is 13.8. The van der Waals surface area contributed by atoms with Crippen LogP contribution >= 0.6 is 11.6 Å². The van der Waals surface area contributed by atoms with Gasteiger partial charge in [0.25, 0.3) is 0 Å². The number of nitrogens with one attached hydrogen (secondary N) is 4. The number of hydrogen-bond donors (Lipinski definition) is 4. The van der Waals surface area contributed by atoms with Crippen molar-refractivity contribution in [2.45, 2.75) is 32.2 Å². The van der Waals surface area contributed by atoms with E-state index in [-0.39, 0.29) is 0 Å². The van der Waals surface area contributed by atoms with Gasteiger partial charge in [0, 0.05) is 41.0 Å². The molecular weight excluding hydrogens is 376 g/mol. The number of H-pyrrole nitrogens is 2. The maximum Gasteiger partial charge on any atom is 0.224 e. The highest BCUT2D eigenvalue weighted by Gasteiger charge is 2.25. The van der Waals surface area contributed by atoms with Gasteiger partial charge in [0.1, 0.15) is 11.6 Å². The quantitative estimate of drug-likeness (QED) is 0.389. The van der Waals surface area contributed by atoms with E-state index in [1.807, 2.05) is 31.2 Å². The molecule has 8 nitrogen and oxygen atoms in total. The minimum absolute atomic E-state index is 0.513. The molecule has 3 aromatic heterocycles. The summed E-state index contributed by atoms with van der Waals surface area (Å²) in [4.78, 5) is 16.6. The summed E-state index contributed by atoms with van der Waals surface area (Å²) in [6.45, 7) is 2.44. The Morgan fingerprint density at radius 2 is 2.07 bits per heavy atom. The molecule has 0 amide bonds. The van der Waals surface area contributed by atoms with Crippen LogP contribution in [-0.4, -0.2) is 30.1 Å². The number of rotatable bonds is 6. The lowest BCUT2D eigenvalue weighted by molar-refractivity contribution is 0.966. The number of benzene rings is 1. The summed E-state index contributed by atoms with van der Waals surface area (Å²) in [6.07, 6.45) is 4.17. The van der Waals surface area contributed by atoms with Crippen molar-refractivity contribution in [1.82, 2.24) is 30.1 Å². The van der Waals surface area contributed by atoms with Gasteiger partial charge >= 0.3 is 0 Å². The van der Waals surface area contributed by atoms with Gasteiger partial charge in [-0.3, -0.25) is 5.10 Å². The third-order valence-electron chi connectivity index (χ3n) is 4.71. The minimum atomic E-state index is 0.513. The van der Waals surface area contributed by atoms with Gasteiger partial charge in [-0.1, -0.05) is 11.6 Å². The van der Waals surface area contributed by atoms with Crippen LogP contribution in [-0.2, 0) is 6.54 Å². The number of hydrogen-bond acceptors (Lipinski definition) is 6. The van der Waals surface area contributed by atoms with Crippen molar-refractivity contribution in [3.05, 3.63) is 52.6 Å². The molecule has 4 aromatic rings. The van der Waals surface area contributed by atoms with Gasteiger partial charge in [-0.15, -0.1) is 0 Å². The number of aryl methyl sites for hydroxylation is 1. The van der Waals surface area contributed by atoms with E-state index in [2.05, 4.69) is 40.8 Å². The minimum Gasteiger partial charge on any atom is -0.350 e. The number of fused-ring (bicyclic) bond motifs is 1. The average Bonchev–Trinajstić information content (AvgIpc) is 3.30. The Hall–Kier alpha value is -3.13. The second-order valence-corrected chi connectivity index (χ2v) is 7.45. The van der Waals surface area contributed by atoms with Crippen molar-refractivity contribution in [3.8, 4) is 0 Å². The van der Waals surface area contributed by atoms with Crippen LogP contribution in [0.3, 0.4) is 0 Å². The molecule has 1 aliphatic rings. The summed E-state index contributed by atoms with van der Waals surface area (Å²) in [5, 5.41) is 14.5. The molecule has 3 heterocycles. The molecule has 1 aliphatic carbocycles. The van der Waals surface area contributed by atoms with E-state index in [9.17, 15) is 0 Å². The third kappa shape index (κ3) is 3.50. The van der Waals surface area contributed by atoms with Crippen molar-refractivity contribution in [2.24, 2.45) is 0 Å². The van der Waals surface area contributed by atoms with Gasteiger partial charge in [-0.2, -0.15) is 10.1 Å². The largest absolute Gasteiger partial charge is 0.350 e. The van der Waals surface area contributed by atoms with E-state index in [1.165, 1.54) is 18.5 Å². The summed E-state index contributed by atoms with van der Waals surface area (Å²) < 4.78 is 0. The fraction of sp³-hybridized carbons (Fsp3) is 0.263. The van der Waals surface area contributed by atoms with Gasteiger partial charge in [0.05, 0.1) is 11.0 Å². The van der Waals surface area contributed by atoms with Crippen LogP contribution in [0.2, 0.25) is 5.02 Å². The zero-order chi connectivity index (χ0) is 19.1. The van der Waals surface area contributed by atoms with Crippen molar-refractivity contribution in [1.29, 1.82) is 0 Å². The van der Waals surface area contributed by atoms with Crippen molar-refractivity contribution < 1.29 is 0 Å². The van der Waals surface area contributed by atoms with Gasteiger partial charge in [-0.25, -0.2) is 9.97 Å². The Morgan fingerprint density at radius 3 is 2.93 bits per heavy atom. The average molecular weight is 395 g/mol. The second-order valence-electron chi connectivity index (χ2n) is 7.01. The predicted octanol–water partition coefficient (Wildman–Crippen LogP) is 4.27. The Morgan fingerprint density at radius 1 is 1.18 bits per heavy atom. The molecule has 0 unspecified atom stereocenters. The summed E-state index contributed by atoms with van der Waals surface area (Å²) in [5.41, 5.74) is 3.97. The molecule has 0 aliphatic heterocycles. The number of halogens is 1. The van der Waals surface area contributed by atoms with E-state index >= 15 is 0 Å². The highest BCUT2D eigenvalue weighted by molar-refractivity contribution is 6.31. The topological polar surface area (TPSA) is 107 Å². The standard InChI is InChI=1S/C19H19ClN8/c1-10-23-15-7-13(20)6-12(18(15)24-10)9-22-19-21-5-4-16(26-19)25-17-8-14(27-28-17)11-2-3-11/h4-8,11H,2-3,9H2,1H3,(H,23,24)(H3,21,22,25,26,27,28). The zero-order valence-electron chi connectivity index (χ0n) is 15.3. The molecule has 1 aromatic carbocycles. The monoisotopic (exact) mass is 394 g/mol. The number of nitrogens with zero attached hydrogens (tertiary/aromatic N) is 4. The lowest BCUT2D eigenvalue weighted by Gasteiger charge is -2.08. The highest BCUT2D eigenvalue weighted by Crippen LogP contribution is 2.39. The number of aromatic nitrogens is 6. The summed E-state index contributed by atoms with van der Waals surface area (Å²) >= 11 is 6.23. The fourth-order valence-electron chi connectivity index (χ4n) is 3.23. The molecule has 0 radical (unpaired) electrons. The Kier molecular flexibility index (Phi) is 4.12. The highest BCUT2D eigenvalue weighted by atomic mass is 35.5. The molecule has 1 saturated carbocycles. The molecule has 142 valence electrons. The van der Waals surface area contributed by atoms with Crippen molar-refractivity contribution in [2.75, 3.05) is 10.6 Å². The van der Waals surface area contributed by atoms with Crippen LogP contribution < -0.4 is 10.6 Å². The summed E-state index contributed by atoms with van der Waals surface area (Å²) in [7, 11) is 0. The van der Waals surface area contributed by atoms with Crippen molar-refractivity contribution >= 4 is 40.2 Å². The zero-order valence-corrected chi connectivity index (χ0v) is 16.0.